The average Bonchev–Trinajstić information content (AvgIpc) is 2.26. The highest BCUT2D eigenvalue weighted by atomic mass is 35.5. The number of carbonyl (C=O) groups excluding carboxylic acids is 2. The first-order valence-corrected chi connectivity index (χ1v) is 5.53. The zero-order valence-corrected chi connectivity index (χ0v) is 10.6. The van der Waals surface area contributed by atoms with Gasteiger partial charge < -0.3 is 21.5 Å². The normalized spacial score (nSPS) is 9.95. The van der Waals surface area contributed by atoms with Gasteiger partial charge in [-0.1, -0.05) is 11.6 Å². The van der Waals surface area contributed by atoms with Gasteiger partial charge in [-0.25, -0.2) is 4.79 Å². The van der Waals surface area contributed by atoms with E-state index < -0.39 is 17.8 Å². The molecule has 2 amide bonds. The second-order valence-electron chi connectivity index (χ2n) is 3.76. The van der Waals surface area contributed by atoms with Crippen LogP contribution in [0.3, 0.4) is 0 Å². The zero-order valence-electron chi connectivity index (χ0n) is 9.80. The molecule has 1 aromatic rings. The van der Waals surface area contributed by atoms with Crippen molar-refractivity contribution < 1.29 is 19.5 Å². The third kappa shape index (κ3) is 4.14. The van der Waals surface area contributed by atoms with Crippen LogP contribution in [0.5, 0.6) is 0 Å². The Bertz CT molecular complexity index is 517. The topological polar surface area (TPSA) is 127 Å². The number of anilines is 1. The first kappa shape index (κ1) is 14.8. The number of amides is 2. The number of primary amides is 2. The van der Waals surface area contributed by atoms with Gasteiger partial charge in [0.05, 0.1) is 23.7 Å². The Morgan fingerprint density at radius 2 is 1.68 bits per heavy atom. The van der Waals surface area contributed by atoms with E-state index in [4.69, 9.17) is 28.2 Å². The summed E-state index contributed by atoms with van der Waals surface area (Å²) in [4.78, 5) is 34.0. The summed E-state index contributed by atoms with van der Waals surface area (Å²) >= 11 is 5.80. The number of hydrogen-bond acceptors (Lipinski definition) is 4. The number of hydrogen-bond donors (Lipinski definition) is 3. The number of benzene rings is 1. The minimum absolute atomic E-state index is 0.0102. The molecule has 0 radical (unpaired) electrons. The highest BCUT2D eigenvalue weighted by Crippen LogP contribution is 2.23. The smallest absolute Gasteiger partial charge is 0.337 e. The van der Waals surface area contributed by atoms with Crippen LogP contribution in [0.15, 0.2) is 18.2 Å². The summed E-state index contributed by atoms with van der Waals surface area (Å²) in [6, 6.07) is 4.02. The van der Waals surface area contributed by atoms with Crippen LogP contribution in [-0.4, -0.2) is 36.0 Å². The van der Waals surface area contributed by atoms with Crippen molar-refractivity contribution in [1.82, 2.24) is 0 Å². The highest BCUT2D eigenvalue weighted by Gasteiger charge is 2.15. The molecule has 0 aromatic heterocycles. The molecule has 7 nitrogen and oxygen atoms in total. The predicted octanol–water partition coefficient (Wildman–Crippen LogP) is -0.185. The predicted molar refractivity (Wildman–Crippen MR) is 69.0 cm³/mol. The standard InChI is InChI=1S/C11H12ClN3O4/c12-8-3-6(1-2-7(8)11(18)19)15(4-9(13)16)5-10(14)17/h1-3H,4-5H2,(H2,13,16)(H2,14,17)(H,18,19). The van der Waals surface area contributed by atoms with Crippen LogP contribution < -0.4 is 16.4 Å². The molecule has 0 saturated heterocycles. The number of halogens is 1. The average molecular weight is 286 g/mol. The minimum atomic E-state index is -1.17. The van der Waals surface area contributed by atoms with Gasteiger partial charge in [0, 0.05) is 5.69 Å². The summed E-state index contributed by atoms with van der Waals surface area (Å²) in [5.41, 5.74) is 10.4. The Morgan fingerprint density at radius 1 is 1.16 bits per heavy atom. The summed E-state index contributed by atoms with van der Waals surface area (Å²) in [6.07, 6.45) is 0. The van der Waals surface area contributed by atoms with Crippen molar-refractivity contribution in [2.75, 3.05) is 18.0 Å². The Labute approximate surface area is 113 Å². The first-order chi connectivity index (χ1) is 8.81. The Hall–Kier alpha value is -2.28. The van der Waals surface area contributed by atoms with Crippen molar-refractivity contribution in [2.24, 2.45) is 11.5 Å². The van der Waals surface area contributed by atoms with Gasteiger partial charge >= 0.3 is 5.97 Å². The minimum Gasteiger partial charge on any atom is -0.478 e. The van der Waals surface area contributed by atoms with Crippen molar-refractivity contribution >= 4 is 35.1 Å². The van der Waals surface area contributed by atoms with Crippen molar-refractivity contribution in [3.8, 4) is 0 Å². The summed E-state index contributed by atoms with van der Waals surface area (Å²) in [5.74, 6) is -2.48. The molecule has 0 aliphatic rings. The lowest BCUT2D eigenvalue weighted by molar-refractivity contribution is -0.117. The molecule has 0 saturated carbocycles. The van der Waals surface area contributed by atoms with Crippen molar-refractivity contribution in [2.45, 2.75) is 0 Å². The van der Waals surface area contributed by atoms with Gasteiger partial charge in [-0.3, -0.25) is 9.59 Å². The van der Waals surface area contributed by atoms with Gasteiger partial charge in [-0.2, -0.15) is 0 Å². The molecule has 0 aliphatic heterocycles. The quantitative estimate of drug-likeness (QED) is 0.668. The maximum absolute atomic E-state index is 10.9. The fourth-order valence-corrected chi connectivity index (χ4v) is 1.74. The van der Waals surface area contributed by atoms with Gasteiger partial charge in [-0.05, 0) is 18.2 Å². The van der Waals surface area contributed by atoms with E-state index in [-0.39, 0.29) is 23.7 Å². The van der Waals surface area contributed by atoms with Crippen LogP contribution in [0.1, 0.15) is 10.4 Å². The second-order valence-corrected chi connectivity index (χ2v) is 4.17. The molecule has 0 aliphatic carbocycles. The highest BCUT2D eigenvalue weighted by molar-refractivity contribution is 6.33. The largest absolute Gasteiger partial charge is 0.478 e. The molecular formula is C11H12ClN3O4. The molecule has 0 unspecified atom stereocenters. The van der Waals surface area contributed by atoms with Gasteiger partial charge in [0.1, 0.15) is 0 Å². The molecule has 0 atom stereocenters. The van der Waals surface area contributed by atoms with E-state index in [1.165, 1.54) is 23.1 Å². The molecular weight excluding hydrogens is 274 g/mol. The number of nitrogens with zero attached hydrogens (tertiary/aromatic N) is 1. The SMILES string of the molecule is NC(=O)CN(CC(N)=O)c1ccc(C(=O)O)c(Cl)c1. The van der Waals surface area contributed by atoms with E-state index in [2.05, 4.69) is 0 Å². The Balaban J connectivity index is 3.08. The third-order valence-corrected chi connectivity index (χ3v) is 2.55. The molecule has 8 heteroatoms. The summed E-state index contributed by atoms with van der Waals surface area (Å²) in [7, 11) is 0. The Morgan fingerprint density at radius 3 is 2.05 bits per heavy atom. The monoisotopic (exact) mass is 285 g/mol. The zero-order chi connectivity index (χ0) is 14.6. The molecule has 19 heavy (non-hydrogen) atoms. The van der Waals surface area contributed by atoms with Crippen LogP contribution in [0.2, 0.25) is 5.02 Å². The molecule has 102 valence electrons. The number of carboxylic acid groups (broad SMARTS) is 1. The fraction of sp³-hybridized carbons (Fsp3) is 0.182. The summed E-state index contributed by atoms with van der Waals surface area (Å²) in [5, 5.41) is 8.83. The maximum Gasteiger partial charge on any atom is 0.337 e. The first-order valence-electron chi connectivity index (χ1n) is 5.15. The number of nitrogens with two attached hydrogens (primary N) is 2. The van der Waals surface area contributed by atoms with Gasteiger partial charge in [0.25, 0.3) is 0 Å². The van der Waals surface area contributed by atoms with Gasteiger partial charge in [0.2, 0.25) is 11.8 Å². The summed E-state index contributed by atoms with van der Waals surface area (Å²) in [6.45, 7) is -0.461. The van der Waals surface area contributed by atoms with E-state index in [0.29, 0.717) is 5.69 Å². The molecule has 0 fully saturated rings. The molecule has 1 rings (SSSR count). The van der Waals surface area contributed by atoms with Crippen LogP contribution >= 0.6 is 11.6 Å². The van der Waals surface area contributed by atoms with Crippen molar-refractivity contribution in [3.63, 3.8) is 0 Å². The van der Waals surface area contributed by atoms with Crippen LogP contribution in [0, 0.1) is 0 Å². The summed E-state index contributed by atoms with van der Waals surface area (Å²) < 4.78 is 0. The van der Waals surface area contributed by atoms with Crippen LogP contribution in [0.25, 0.3) is 0 Å². The number of carboxylic acids is 1. The van der Waals surface area contributed by atoms with E-state index in [9.17, 15) is 14.4 Å². The molecule has 5 N–H and O–H groups in total. The lowest BCUT2D eigenvalue weighted by atomic mass is 10.2. The van der Waals surface area contributed by atoms with Crippen LogP contribution in [-0.2, 0) is 9.59 Å². The number of rotatable bonds is 6. The fourth-order valence-electron chi connectivity index (χ4n) is 1.49. The second kappa shape index (κ2) is 6.05. The van der Waals surface area contributed by atoms with E-state index >= 15 is 0 Å². The van der Waals surface area contributed by atoms with Crippen molar-refractivity contribution in [3.05, 3.63) is 28.8 Å². The van der Waals surface area contributed by atoms with E-state index in [1.54, 1.807) is 0 Å². The van der Waals surface area contributed by atoms with Crippen molar-refractivity contribution in [1.29, 1.82) is 0 Å². The molecule has 0 heterocycles. The van der Waals surface area contributed by atoms with E-state index in [0.717, 1.165) is 0 Å². The van der Waals surface area contributed by atoms with Crippen LogP contribution in [0.4, 0.5) is 5.69 Å². The molecule has 0 bridgehead atoms. The number of carbonyl (C=O) groups is 3. The third-order valence-electron chi connectivity index (χ3n) is 2.24. The van der Waals surface area contributed by atoms with E-state index in [1.807, 2.05) is 0 Å². The Kier molecular flexibility index (Phi) is 4.71. The number of aromatic carboxylic acids is 1. The molecule has 1 aromatic carbocycles. The lowest BCUT2D eigenvalue weighted by Crippen LogP contribution is -2.39. The van der Waals surface area contributed by atoms with Gasteiger partial charge in [-0.15, -0.1) is 0 Å². The maximum atomic E-state index is 10.9. The molecule has 0 spiro atoms. The van der Waals surface area contributed by atoms with Gasteiger partial charge in [0.15, 0.2) is 0 Å². The lowest BCUT2D eigenvalue weighted by Gasteiger charge is -2.22.